The Hall–Kier alpha value is -1.50. The molecule has 0 aromatic heterocycles. The monoisotopic (exact) mass is 225 g/mol. The summed E-state index contributed by atoms with van der Waals surface area (Å²) in [6, 6.07) is 15.5. The Balaban J connectivity index is 1.93. The summed E-state index contributed by atoms with van der Waals surface area (Å²) < 4.78 is 0. The van der Waals surface area contributed by atoms with Gasteiger partial charge in [-0.05, 0) is 35.7 Å². The first-order valence-electron chi connectivity index (χ1n) is 6.67. The van der Waals surface area contributed by atoms with Crippen molar-refractivity contribution < 1.29 is 0 Å². The van der Waals surface area contributed by atoms with Gasteiger partial charge < -0.3 is 4.90 Å². The SMILES string of the molecule is c1ccc2cc(N3CCCCCC3)ccc2c1. The van der Waals surface area contributed by atoms with E-state index in [1.54, 1.807) is 0 Å². The Morgan fingerprint density at radius 3 is 2.18 bits per heavy atom. The highest BCUT2D eigenvalue weighted by molar-refractivity contribution is 5.85. The summed E-state index contributed by atoms with van der Waals surface area (Å²) in [5, 5.41) is 2.69. The van der Waals surface area contributed by atoms with Crippen molar-refractivity contribution in [3.8, 4) is 0 Å². The van der Waals surface area contributed by atoms with Crippen LogP contribution in [0.25, 0.3) is 10.8 Å². The van der Waals surface area contributed by atoms with Gasteiger partial charge in [0.2, 0.25) is 0 Å². The molecule has 2 aromatic rings. The van der Waals surface area contributed by atoms with Crippen LogP contribution in [0.3, 0.4) is 0 Å². The number of hydrogen-bond acceptors (Lipinski definition) is 1. The van der Waals surface area contributed by atoms with E-state index in [0.717, 1.165) is 0 Å². The number of rotatable bonds is 1. The van der Waals surface area contributed by atoms with Crippen molar-refractivity contribution in [1.29, 1.82) is 0 Å². The third-order valence-electron chi connectivity index (χ3n) is 3.70. The number of fused-ring (bicyclic) bond motifs is 1. The molecule has 2 aromatic carbocycles. The molecule has 0 N–H and O–H groups in total. The number of hydrogen-bond donors (Lipinski definition) is 0. The van der Waals surface area contributed by atoms with Crippen molar-refractivity contribution in [2.45, 2.75) is 25.7 Å². The molecule has 88 valence electrons. The molecule has 1 aliphatic rings. The van der Waals surface area contributed by atoms with Gasteiger partial charge in [0.15, 0.2) is 0 Å². The fourth-order valence-electron chi connectivity index (χ4n) is 2.70. The lowest BCUT2D eigenvalue weighted by Gasteiger charge is -2.23. The Kier molecular flexibility index (Phi) is 3.00. The smallest absolute Gasteiger partial charge is 0.0372 e. The highest BCUT2D eigenvalue weighted by atomic mass is 15.1. The molecule has 1 fully saturated rings. The fourth-order valence-corrected chi connectivity index (χ4v) is 2.70. The molecule has 1 aliphatic heterocycles. The average molecular weight is 225 g/mol. The van der Waals surface area contributed by atoms with Gasteiger partial charge in [-0.2, -0.15) is 0 Å². The Morgan fingerprint density at radius 2 is 1.41 bits per heavy atom. The van der Waals surface area contributed by atoms with Crippen LogP contribution in [0.2, 0.25) is 0 Å². The summed E-state index contributed by atoms with van der Waals surface area (Å²) in [7, 11) is 0. The molecule has 1 nitrogen and oxygen atoms in total. The lowest BCUT2D eigenvalue weighted by Crippen LogP contribution is -2.23. The minimum atomic E-state index is 1.22. The lowest BCUT2D eigenvalue weighted by molar-refractivity contribution is 0.726. The molecule has 0 atom stereocenters. The predicted octanol–water partition coefficient (Wildman–Crippen LogP) is 4.22. The molecule has 0 bridgehead atoms. The Morgan fingerprint density at radius 1 is 0.706 bits per heavy atom. The van der Waals surface area contributed by atoms with Gasteiger partial charge in [0, 0.05) is 18.8 Å². The molecule has 0 spiro atoms. The van der Waals surface area contributed by atoms with E-state index in [1.807, 2.05) is 0 Å². The molecule has 0 unspecified atom stereocenters. The van der Waals surface area contributed by atoms with Crippen molar-refractivity contribution >= 4 is 16.5 Å². The summed E-state index contributed by atoms with van der Waals surface area (Å²) in [6.45, 7) is 2.44. The molecule has 0 aliphatic carbocycles. The van der Waals surface area contributed by atoms with Crippen LogP contribution in [0, 0.1) is 0 Å². The van der Waals surface area contributed by atoms with E-state index in [0.29, 0.717) is 0 Å². The highest BCUT2D eigenvalue weighted by Crippen LogP contribution is 2.24. The van der Waals surface area contributed by atoms with E-state index in [9.17, 15) is 0 Å². The van der Waals surface area contributed by atoms with Crippen LogP contribution in [0.5, 0.6) is 0 Å². The third-order valence-corrected chi connectivity index (χ3v) is 3.70. The first kappa shape index (κ1) is 10.6. The molecule has 1 heteroatoms. The van der Waals surface area contributed by atoms with Gasteiger partial charge in [-0.15, -0.1) is 0 Å². The second-order valence-corrected chi connectivity index (χ2v) is 4.93. The van der Waals surface area contributed by atoms with Gasteiger partial charge >= 0.3 is 0 Å². The average Bonchev–Trinajstić information content (AvgIpc) is 2.67. The molecule has 0 amide bonds. The van der Waals surface area contributed by atoms with Crippen LogP contribution < -0.4 is 4.90 Å². The van der Waals surface area contributed by atoms with Crippen molar-refractivity contribution in [1.82, 2.24) is 0 Å². The lowest BCUT2D eigenvalue weighted by atomic mass is 10.1. The van der Waals surface area contributed by atoms with Gasteiger partial charge in [-0.25, -0.2) is 0 Å². The fraction of sp³-hybridized carbons (Fsp3) is 0.375. The van der Waals surface area contributed by atoms with E-state index in [2.05, 4.69) is 47.4 Å². The molecular formula is C16H19N. The van der Waals surface area contributed by atoms with Crippen LogP contribution in [0.1, 0.15) is 25.7 Å². The largest absolute Gasteiger partial charge is 0.372 e. The highest BCUT2D eigenvalue weighted by Gasteiger charge is 2.09. The second-order valence-electron chi connectivity index (χ2n) is 4.93. The van der Waals surface area contributed by atoms with Gasteiger partial charge in [-0.1, -0.05) is 43.2 Å². The Bertz CT molecular complexity index is 496. The first-order valence-corrected chi connectivity index (χ1v) is 6.67. The van der Waals surface area contributed by atoms with E-state index in [4.69, 9.17) is 0 Å². The van der Waals surface area contributed by atoms with Crippen molar-refractivity contribution in [2.75, 3.05) is 18.0 Å². The zero-order valence-electron chi connectivity index (χ0n) is 10.2. The zero-order chi connectivity index (χ0) is 11.5. The minimum Gasteiger partial charge on any atom is -0.372 e. The zero-order valence-corrected chi connectivity index (χ0v) is 10.2. The van der Waals surface area contributed by atoms with E-state index in [1.165, 1.54) is 55.2 Å². The number of nitrogens with zero attached hydrogens (tertiary/aromatic N) is 1. The Labute approximate surface area is 103 Å². The molecule has 3 rings (SSSR count). The predicted molar refractivity (Wildman–Crippen MR) is 74.6 cm³/mol. The molecule has 1 heterocycles. The maximum absolute atomic E-state index is 2.54. The second kappa shape index (κ2) is 4.79. The van der Waals surface area contributed by atoms with E-state index in [-0.39, 0.29) is 0 Å². The van der Waals surface area contributed by atoms with Gasteiger partial charge in [-0.3, -0.25) is 0 Å². The first-order chi connectivity index (χ1) is 8.43. The van der Waals surface area contributed by atoms with Crippen LogP contribution in [-0.2, 0) is 0 Å². The molecule has 1 saturated heterocycles. The summed E-state index contributed by atoms with van der Waals surface area (Å²) >= 11 is 0. The van der Waals surface area contributed by atoms with Crippen LogP contribution in [0.15, 0.2) is 42.5 Å². The third kappa shape index (κ3) is 2.28. The number of anilines is 1. The molecule has 0 saturated carbocycles. The topological polar surface area (TPSA) is 3.24 Å². The van der Waals surface area contributed by atoms with Crippen LogP contribution in [-0.4, -0.2) is 13.1 Å². The van der Waals surface area contributed by atoms with Crippen molar-refractivity contribution in [3.63, 3.8) is 0 Å². The van der Waals surface area contributed by atoms with E-state index >= 15 is 0 Å². The summed E-state index contributed by atoms with van der Waals surface area (Å²) in [6.07, 6.45) is 5.47. The summed E-state index contributed by atoms with van der Waals surface area (Å²) in [4.78, 5) is 2.54. The summed E-state index contributed by atoms with van der Waals surface area (Å²) in [5.74, 6) is 0. The summed E-state index contributed by atoms with van der Waals surface area (Å²) in [5.41, 5.74) is 1.39. The quantitative estimate of drug-likeness (QED) is 0.702. The van der Waals surface area contributed by atoms with Crippen LogP contribution in [0.4, 0.5) is 5.69 Å². The van der Waals surface area contributed by atoms with Crippen LogP contribution >= 0.6 is 0 Å². The number of benzene rings is 2. The van der Waals surface area contributed by atoms with Gasteiger partial charge in [0.1, 0.15) is 0 Å². The minimum absolute atomic E-state index is 1.22. The van der Waals surface area contributed by atoms with Crippen molar-refractivity contribution in [3.05, 3.63) is 42.5 Å². The van der Waals surface area contributed by atoms with Gasteiger partial charge in [0.25, 0.3) is 0 Å². The maximum Gasteiger partial charge on any atom is 0.0372 e. The molecule has 17 heavy (non-hydrogen) atoms. The maximum atomic E-state index is 2.54. The van der Waals surface area contributed by atoms with Gasteiger partial charge in [0.05, 0.1) is 0 Å². The van der Waals surface area contributed by atoms with E-state index < -0.39 is 0 Å². The normalized spacial score (nSPS) is 17.1. The molecular weight excluding hydrogens is 206 g/mol. The standard InChI is InChI=1S/C16H19N/c1-2-6-12-17(11-5-1)16-10-9-14-7-3-4-8-15(14)13-16/h3-4,7-10,13H,1-2,5-6,11-12H2. The van der Waals surface area contributed by atoms with Crippen molar-refractivity contribution in [2.24, 2.45) is 0 Å². The molecule has 0 radical (unpaired) electrons.